The summed E-state index contributed by atoms with van der Waals surface area (Å²) in [5.74, 6) is 3.09. The molecule has 0 amide bonds. The van der Waals surface area contributed by atoms with E-state index < -0.39 is 0 Å². The first-order chi connectivity index (χ1) is 9.70. The van der Waals surface area contributed by atoms with E-state index in [4.69, 9.17) is 4.74 Å². The molecule has 1 N–H and O–H groups in total. The number of Topliss-reactive ketones (excluding diaryl/α,β-unsaturated/α-hetero) is 1. The molecule has 3 rings (SSSR count). The lowest BCUT2D eigenvalue weighted by atomic mass is 9.74. The van der Waals surface area contributed by atoms with Crippen molar-refractivity contribution in [2.24, 2.45) is 5.92 Å². The molecule has 114 valence electrons. The van der Waals surface area contributed by atoms with Crippen LogP contribution in [0, 0.1) is 5.92 Å². The molecule has 0 aliphatic carbocycles. The van der Waals surface area contributed by atoms with Gasteiger partial charge >= 0.3 is 0 Å². The molecule has 2 unspecified atom stereocenters. The molecule has 3 fully saturated rings. The molecule has 0 aromatic rings. The van der Waals surface area contributed by atoms with Crippen molar-refractivity contribution in [2.75, 3.05) is 24.7 Å². The van der Waals surface area contributed by atoms with Crippen LogP contribution in [0.25, 0.3) is 0 Å². The predicted molar refractivity (Wildman–Crippen MR) is 83.2 cm³/mol. The highest BCUT2D eigenvalue weighted by Gasteiger charge is 2.47. The number of ketones is 1. The van der Waals surface area contributed by atoms with Crippen molar-refractivity contribution in [1.82, 2.24) is 5.32 Å². The first-order valence-electron chi connectivity index (χ1n) is 8.21. The zero-order valence-corrected chi connectivity index (χ0v) is 13.4. The van der Waals surface area contributed by atoms with E-state index in [2.05, 4.69) is 12.2 Å². The SMILES string of the molecule is CCC1(C(=O)C2CCOC3(CCSCC3)C2)CCCN1. The molecule has 0 aromatic carbocycles. The summed E-state index contributed by atoms with van der Waals surface area (Å²) in [7, 11) is 0. The molecule has 0 saturated carbocycles. The number of ether oxygens (including phenoxy) is 1. The van der Waals surface area contributed by atoms with Gasteiger partial charge in [0, 0.05) is 12.5 Å². The summed E-state index contributed by atoms with van der Waals surface area (Å²) in [6.07, 6.45) is 7.27. The van der Waals surface area contributed by atoms with Crippen LogP contribution < -0.4 is 5.32 Å². The highest BCUT2D eigenvalue weighted by molar-refractivity contribution is 7.99. The van der Waals surface area contributed by atoms with Crippen molar-refractivity contribution >= 4 is 17.5 Å². The maximum Gasteiger partial charge on any atom is 0.156 e. The standard InChI is InChI=1S/C16H27NO2S/c1-2-16(5-3-8-17-16)14(18)13-4-9-19-15(12-13)6-10-20-11-7-15/h13,17H,2-12H2,1H3. The Labute approximate surface area is 126 Å². The summed E-state index contributed by atoms with van der Waals surface area (Å²) in [4.78, 5) is 13.1. The van der Waals surface area contributed by atoms with Crippen LogP contribution in [0.4, 0.5) is 0 Å². The van der Waals surface area contributed by atoms with Gasteiger partial charge in [0.1, 0.15) is 0 Å². The average molecular weight is 297 g/mol. The van der Waals surface area contributed by atoms with Crippen LogP contribution in [0.3, 0.4) is 0 Å². The largest absolute Gasteiger partial charge is 0.375 e. The molecule has 2 atom stereocenters. The second kappa shape index (κ2) is 5.98. The molecular formula is C16H27NO2S. The fraction of sp³-hybridized carbons (Fsp3) is 0.938. The summed E-state index contributed by atoms with van der Waals surface area (Å²) >= 11 is 2.02. The molecule has 0 aromatic heterocycles. The summed E-state index contributed by atoms with van der Waals surface area (Å²) in [6.45, 7) is 3.94. The van der Waals surface area contributed by atoms with Gasteiger partial charge in [-0.1, -0.05) is 6.92 Å². The smallest absolute Gasteiger partial charge is 0.156 e. The van der Waals surface area contributed by atoms with E-state index in [1.165, 1.54) is 11.5 Å². The van der Waals surface area contributed by atoms with E-state index in [1.54, 1.807) is 0 Å². The maximum atomic E-state index is 13.1. The lowest BCUT2D eigenvalue weighted by Crippen LogP contribution is -2.53. The zero-order chi connectivity index (χ0) is 14.1. The average Bonchev–Trinajstić information content (AvgIpc) is 2.97. The summed E-state index contributed by atoms with van der Waals surface area (Å²) in [6, 6.07) is 0. The molecular weight excluding hydrogens is 270 g/mol. The quantitative estimate of drug-likeness (QED) is 0.869. The second-order valence-electron chi connectivity index (χ2n) is 6.66. The number of carbonyl (C=O) groups excluding carboxylic acids is 1. The van der Waals surface area contributed by atoms with Gasteiger partial charge in [-0.2, -0.15) is 11.8 Å². The van der Waals surface area contributed by atoms with E-state index in [-0.39, 0.29) is 17.1 Å². The molecule has 0 bridgehead atoms. The Bertz CT molecular complexity index is 354. The number of carbonyl (C=O) groups is 1. The maximum absolute atomic E-state index is 13.1. The first kappa shape index (κ1) is 14.9. The topological polar surface area (TPSA) is 38.3 Å². The number of rotatable bonds is 3. The van der Waals surface area contributed by atoms with Gasteiger partial charge < -0.3 is 10.1 Å². The van der Waals surface area contributed by atoms with Gasteiger partial charge in [0.05, 0.1) is 11.1 Å². The number of nitrogens with one attached hydrogen (secondary N) is 1. The zero-order valence-electron chi connectivity index (χ0n) is 12.6. The molecule has 3 saturated heterocycles. The van der Waals surface area contributed by atoms with Crippen molar-refractivity contribution in [1.29, 1.82) is 0 Å². The Balaban J connectivity index is 1.71. The Morgan fingerprint density at radius 3 is 2.80 bits per heavy atom. The van der Waals surface area contributed by atoms with E-state index in [0.717, 1.165) is 58.1 Å². The van der Waals surface area contributed by atoms with Crippen LogP contribution in [-0.4, -0.2) is 41.6 Å². The highest BCUT2D eigenvalue weighted by atomic mass is 32.2. The Kier molecular flexibility index (Phi) is 4.44. The summed E-state index contributed by atoms with van der Waals surface area (Å²) in [5, 5.41) is 3.51. The van der Waals surface area contributed by atoms with Crippen LogP contribution in [0.15, 0.2) is 0 Å². The fourth-order valence-corrected chi connectivity index (χ4v) is 5.46. The van der Waals surface area contributed by atoms with Gasteiger partial charge in [0.2, 0.25) is 0 Å². The second-order valence-corrected chi connectivity index (χ2v) is 7.89. The van der Waals surface area contributed by atoms with E-state index in [9.17, 15) is 4.79 Å². The molecule has 3 heterocycles. The van der Waals surface area contributed by atoms with E-state index in [1.807, 2.05) is 11.8 Å². The summed E-state index contributed by atoms with van der Waals surface area (Å²) in [5.41, 5.74) is -0.191. The molecule has 1 spiro atoms. The van der Waals surface area contributed by atoms with Gasteiger partial charge in [-0.3, -0.25) is 4.79 Å². The van der Waals surface area contributed by atoms with Crippen molar-refractivity contribution in [3.8, 4) is 0 Å². The fourth-order valence-electron chi connectivity index (χ4n) is 4.23. The Hall–Kier alpha value is -0.0600. The number of hydrogen-bond acceptors (Lipinski definition) is 4. The third-order valence-electron chi connectivity index (χ3n) is 5.59. The van der Waals surface area contributed by atoms with Gasteiger partial charge in [-0.25, -0.2) is 0 Å². The molecule has 4 heteroatoms. The monoisotopic (exact) mass is 297 g/mol. The lowest BCUT2D eigenvalue weighted by Gasteiger charge is -2.44. The molecule has 3 nitrogen and oxygen atoms in total. The third kappa shape index (κ3) is 2.67. The predicted octanol–water partition coefficient (Wildman–Crippen LogP) is 2.78. The normalized spacial score (nSPS) is 37.1. The van der Waals surface area contributed by atoms with Crippen molar-refractivity contribution < 1.29 is 9.53 Å². The minimum Gasteiger partial charge on any atom is -0.375 e. The first-order valence-corrected chi connectivity index (χ1v) is 9.36. The van der Waals surface area contributed by atoms with Crippen LogP contribution in [-0.2, 0) is 9.53 Å². The van der Waals surface area contributed by atoms with Crippen LogP contribution >= 0.6 is 11.8 Å². The van der Waals surface area contributed by atoms with Crippen molar-refractivity contribution in [3.05, 3.63) is 0 Å². The third-order valence-corrected chi connectivity index (χ3v) is 6.57. The molecule has 0 radical (unpaired) electrons. The van der Waals surface area contributed by atoms with Gasteiger partial charge in [0.25, 0.3) is 0 Å². The molecule has 20 heavy (non-hydrogen) atoms. The molecule has 3 aliphatic heterocycles. The van der Waals surface area contributed by atoms with Crippen LogP contribution in [0.2, 0.25) is 0 Å². The Morgan fingerprint density at radius 2 is 2.15 bits per heavy atom. The van der Waals surface area contributed by atoms with Gasteiger partial charge in [0.15, 0.2) is 5.78 Å². The van der Waals surface area contributed by atoms with E-state index >= 15 is 0 Å². The highest BCUT2D eigenvalue weighted by Crippen LogP contribution is 2.42. The molecule has 3 aliphatic rings. The summed E-state index contributed by atoms with van der Waals surface area (Å²) < 4.78 is 6.13. The van der Waals surface area contributed by atoms with E-state index in [0.29, 0.717) is 5.78 Å². The lowest BCUT2D eigenvalue weighted by molar-refractivity contribution is -0.144. The minimum atomic E-state index is -0.216. The van der Waals surface area contributed by atoms with Gasteiger partial charge in [-0.15, -0.1) is 0 Å². The van der Waals surface area contributed by atoms with Crippen molar-refractivity contribution in [2.45, 2.75) is 63.0 Å². The van der Waals surface area contributed by atoms with Crippen LogP contribution in [0.5, 0.6) is 0 Å². The minimum absolute atomic E-state index is 0.0252. The van der Waals surface area contributed by atoms with Crippen molar-refractivity contribution in [3.63, 3.8) is 0 Å². The number of hydrogen-bond donors (Lipinski definition) is 1. The van der Waals surface area contributed by atoms with Gasteiger partial charge in [-0.05, 0) is 63.0 Å². The van der Waals surface area contributed by atoms with Crippen LogP contribution in [0.1, 0.15) is 51.9 Å². The number of thioether (sulfide) groups is 1. The Morgan fingerprint density at radius 1 is 1.35 bits per heavy atom.